The molecule has 6 heteroatoms. The van der Waals surface area contributed by atoms with Crippen LogP contribution in [0.25, 0.3) is 11.3 Å². The Bertz CT molecular complexity index is 946. The van der Waals surface area contributed by atoms with Gasteiger partial charge >= 0.3 is 0 Å². The third-order valence-corrected chi connectivity index (χ3v) is 5.41. The minimum atomic E-state index is 0.197. The maximum Gasteiger partial charge on any atom is 0.223 e. The lowest BCUT2D eigenvalue weighted by atomic mass is 10.1. The Morgan fingerprint density at radius 2 is 1.76 bits per heavy atom. The molecule has 6 nitrogen and oxygen atoms in total. The van der Waals surface area contributed by atoms with E-state index in [1.165, 1.54) is 0 Å². The van der Waals surface area contributed by atoms with Crippen LogP contribution >= 0.6 is 0 Å². The summed E-state index contributed by atoms with van der Waals surface area (Å²) in [7, 11) is 1.66. The summed E-state index contributed by atoms with van der Waals surface area (Å²) in [4.78, 5) is 16.8. The van der Waals surface area contributed by atoms with Crippen molar-refractivity contribution in [3.8, 4) is 17.0 Å². The van der Waals surface area contributed by atoms with Crippen LogP contribution in [-0.2, 0) is 11.2 Å². The van der Waals surface area contributed by atoms with Crippen LogP contribution < -0.4 is 9.64 Å². The normalized spacial score (nSPS) is 14.1. The zero-order valence-electron chi connectivity index (χ0n) is 16.7. The van der Waals surface area contributed by atoms with Crippen molar-refractivity contribution in [2.75, 3.05) is 38.2 Å². The fourth-order valence-corrected chi connectivity index (χ4v) is 3.73. The highest BCUT2D eigenvalue weighted by atomic mass is 16.5. The van der Waals surface area contributed by atoms with Crippen LogP contribution in [0, 0.1) is 0 Å². The van der Waals surface area contributed by atoms with Crippen molar-refractivity contribution in [3.05, 3.63) is 66.2 Å². The van der Waals surface area contributed by atoms with E-state index >= 15 is 0 Å². The number of aromatic nitrogens is 2. The first-order valence-electron chi connectivity index (χ1n) is 10.00. The number of hydrogen-bond donors (Lipinski definition) is 1. The van der Waals surface area contributed by atoms with Gasteiger partial charge in [-0.05, 0) is 23.6 Å². The van der Waals surface area contributed by atoms with Crippen molar-refractivity contribution in [1.29, 1.82) is 0 Å². The third kappa shape index (κ3) is 4.42. The number of nitrogens with zero attached hydrogens (tertiary/aromatic N) is 3. The van der Waals surface area contributed by atoms with Crippen LogP contribution in [0.1, 0.15) is 12.0 Å². The lowest BCUT2D eigenvalue weighted by Gasteiger charge is -2.34. The molecule has 0 bridgehead atoms. The molecule has 2 heterocycles. The molecule has 1 aliphatic heterocycles. The number of ether oxygens (including phenoxy) is 1. The van der Waals surface area contributed by atoms with E-state index in [-0.39, 0.29) is 5.91 Å². The lowest BCUT2D eigenvalue weighted by molar-refractivity contribution is -0.131. The Kier molecular flexibility index (Phi) is 5.79. The summed E-state index contributed by atoms with van der Waals surface area (Å²) < 4.78 is 5.38. The van der Waals surface area contributed by atoms with E-state index in [9.17, 15) is 4.79 Å². The van der Waals surface area contributed by atoms with Gasteiger partial charge in [-0.1, -0.05) is 48.5 Å². The average Bonchev–Trinajstić information content (AvgIpc) is 3.29. The molecule has 0 unspecified atom stereocenters. The Hall–Kier alpha value is -3.28. The summed E-state index contributed by atoms with van der Waals surface area (Å²) >= 11 is 0. The monoisotopic (exact) mass is 390 g/mol. The predicted molar refractivity (Wildman–Crippen MR) is 114 cm³/mol. The van der Waals surface area contributed by atoms with E-state index in [0.717, 1.165) is 54.6 Å². The van der Waals surface area contributed by atoms with Gasteiger partial charge in [-0.2, -0.15) is 5.10 Å². The summed E-state index contributed by atoms with van der Waals surface area (Å²) in [5.74, 6) is 1.98. The van der Waals surface area contributed by atoms with Crippen LogP contribution in [0.2, 0.25) is 0 Å². The zero-order valence-corrected chi connectivity index (χ0v) is 16.7. The second-order valence-electron chi connectivity index (χ2n) is 7.19. The quantitative estimate of drug-likeness (QED) is 0.701. The van der Waals surface area contributed by atoms with Gasteiger partial charge in [-0.15, -0.1) is 0 Å². The highest BCUT2D eigenvalue weighted by Gasteiger charge is 2.22. The molecule has 0 atom stereocenters. The number of hydrogen-bond acceptors (Lipinski definition) is 4. The Morgan fingerprint density at radius 3 is 2.52 bits per heavy atom. The summed E-state index contributed by atoms with van der Waals surface area (Å²) in [6.07, 6.45) is 1.20. The van der Waals surface area contributed by atoms with Crippen molar-refractivity contribution in [2.45, 2.75) is 12.8 Å². The van der Waals surface area contributed by atoms with Gasteiger partial charge < -0.3 is 14.5 Å². The number of aryl methyl sites for hydroxylation is 1. The molecule has 0 spiro atoms. The lowest BCUT2D eigenvalue weighted by Crippen LogP contribution is -2.49. The number of carbonyl (C=O) groups excluding carboxylic acids is 1. The van der Waals surface area contributed by atoms with Crippen molar-refractivity contribution in [3.63, 3.8) is 0 Å². The highest BCUT2D eigenvalue weighted by molar-refractivity contribution is 5.77. The molecule has 2 aromatic carbocycles. The molecular weight excluding hydrogens is 364 g/mol. The summed E-state index contributed by atoms with van der Waals surface area (Å²) in [5.41, 5.74) is 3.21. The Labute approximate surface area is 171 Å². The first-order chi connectivity index (χ1) is 14.2. The number of nitrogens with one attached hydrogen (secondary N) is 1. The molecule has 0 aliphatic carbocycles. The number of para-hydroxylation sites is 1. The molecule has 150 valence electrons. The molecule has 1 saturated heterocycles. The van der Waals surface area contributed by atoms with Crippen molar-refractivity contribution < 1.29 is 9.53 Å². The number of carbonyl (C=O) groups is 1. The number of amides is 1. The molecule has 1 fully saturated rings. The van der Waals surface area contributed by atoms with Gasteiger partial charge in [0.1, 0.15) is 5.75 Å². The summed E-state index contributed by atoms with van der Waals surface area (Å²) in [6.45, 7) is 3.02. The minimum Gasteiger partial charge on any atom is -0.496 e. The molecule has 1 amide bonds. The number of methoxy groups -OCH3 is 1. The maximum atomic E-state index is 12.6. The van der Waals surface area contributed by atoms with Crippen molar-refractivity contribution in [2.24, 2.45) is 0 Å². The van der Waals surface area contributed by atoms with E-state index in [1.807, 2.05) is 47.4 Å². The van der Waals surface area contributed by atoms with E-state index < -0.39 is 0 Å². The van der Waals surface area contributed by atoms with Gasteiger partial charge in [0, 0.05) is 38.7 Å². The number of H-pyrrole nitrogens is 1. The molecule has 29 heavy (non-hydrogen) atoms. The molecule has 3 aromatic rings. The number of piperazine rings is 1. The van der Waals surface area contributed by atoms with E-state index in [4.69, 9.17) is 4.74 Å². The van der Waals surface area contributed by atoms with Crippen LogP contribution in [-0.4, -0.2) is 54.3 Å². The molecule has 0 radical (unpaired) electrons. The van der Waals surface area contributed by atoms with Gasteiger partial charge in [0.2, 0.25) is 5.91 Å². The van der Waals surface area contributed by atoms with Gasteiger partial charge in [0.05, 0.1) is 12.8 Å². The number of aromatic amines is 1. The van der Waals surface area contributed by atoms with Gasteiger partial charge in [-0.3, -0.25) is 9.89 Å². The zero-order chi connectivity index (χ0) is 20.1. The SMILES string of the molecule is COc1ccccc1CCC(=O)N1CCN(c2cc(-c3ccccc3)[nH]n2)CC1. The second kappa shape index (κ2) is 8.82. The molecule has 4 rings (SSSR count). The van der Waals surface area contributed by atoms with Crippen LogP contribution in [0.5, 0.6) is 5.75 Å². The number of anilines is 1. The summed E-state index contributed by atoms with van der Waals surface area (Å²) in [5, 5.41) is 7.58. The van der Waals surface area contributed by atoms with Gasteiger partial charge in [0.25, 0.3) is 0 Å². The fraction of sp³-hybridized carbons (Fsp3) is 0.304. The molecule has 1 N–H and O–H groups in total. The van der Waals surface area contributed by atoms with Crippen molar-refractivity contribution >= 4 is 11.7 Å². The average molecular weight is 390 g/mol. The number of benzene rings is 2. The topological polar surface area (TPSA) is 61.5 Å². The van der Waals surface area contributed by atoms with Crippen LogP contribution in [0.4, 0.5) is 5.82 Å². The molecule has 1 aromatic heterocycles. The number of rotatable bonds is 6. The Balaban J connectivity index is 1.30. The van der Waals surface area contributed by atoms with Crippen LogP contribution in [0.3, 0.4) is 0 Å². The van der Waals surface area contributed by atoms with Gasteiger partial charge in [0.15, 0.2) is 5.82 Å². The first kappa shape index (κ1) is 19.1. The maximum absolute atomic E-state index is 12.6. The second-order valence-corrected chi connectivity index (χ2v) is 7.19. The third-order valence-electron chi connectivity index (χ3n) is 5.41. The molecular formula is C23H26N4O2. The molecule has 1 aliphatic rings. The smallest absolute Gasteiger partial charge is 0.223 e. The van der Waals surface area contributed by atoms with E-state index in [0.29, 0.717) is 12.8 Å². The highest BCUT2D eigenvalue weighted by Crippen LogP contribution is 2.23. The molecule has 0 saturated carbocycles. The van der Waals surface area contributed by atoms with Crippen molar-refractivity contribution in [1.82, 2.24) is 15.1 Å². The van der Waals surface area contributed by atoms with E-state index in [2.05, 4.69) is 33.3 Å². The van der Waals surface area contributed by atoms with Crippen LogP contribution in [0.15, 0.2) is 60.7 Å². The standard InChI is InChI=1S/C23H26N4O2/c1-29-21-10-6-5-9-19(21)11-12-23(28)27-15-13-26(14-16-27)22-17-20(24-25-22)18-7-3-2-4-8-18/h2-10,17H,11-16H2,1H3,(H,24,25). The predicted octanol–water partition coefficient (Wildman–Crippen LogP) is 3.37. The van der Waals surface area contributed by atoms with E-state index in [1.54, 1.807) is 7.11 Å². The fourth-order valence-electron chi connectivity index (χ4n) is 3.73. The Morgan fingerprint density at radius 1 is 1.03 bits per heavy atom. The largest absolute Gasteiger partial charge is 0.496 e. The minimum absolute atomic E-state index is 0.197. The van der Waals surface area contributed by atoms with Gasteiger partial charge in [-0.25, -0.2) is 0 Å². The summed E-state index contributed by atoms with van der Waals surface area (Å²) in [6, 6.07) is 20.1. The first-order valence-corrected chi connectivity index (χ1v) is 10.00.